The van der Waals surface area contributed by atoms with Gasteiger partial charge in [-0.05, 0) is 24.3 Å². The first kappa shape index (κ1) is 12.2. The molecule has 6 nitrogen and oxygen atoms in total. The highest BCUT2D eigenvalue weighted by atomic mass is 16.2. The molecule has 0 saturated carbocycles. The van der Waals surface area contributed by atoms with Crippen molar-refractivity contribution in [3.05, 3.63) is 35.4 Å². The molecule has 2 amide bonds. The number of carbonyl (C=O) groups is 2. The highest BCUT2D eigenvalue weighted by molar-refractivity contribution is 5.97. The summed E-state index contributed by atoms with van der Waals surface area (Å²) < 4.78 is 0. The Balaban J connectivity index is 2.75. The maximum absolute atomic E-state index is 11.4. The van der Waals surface area contributed by atoms with E-state index in [0.29, 0.717) is 11.1 Å². The van der Waals surface area contributed by atoms with E-state index in [9.17, 15) is 9.59 Å². The standard InChI is InChI=1S/C10H14N4O2/c1-11-13-9(15)7-3-5-8(6-4-7)10(16)14-12-2/h3-6,11-12H,1-2H3,(H,13,15)(H,14,16). The lowest BCUT2D eigenvalue weighted by Gasteiger charge is -2.05. The Hall–Kier alpha value is -1.92. The molecule has 4 N–H and O–H groups in total. The summed E-state index contributed by atoms with van der Waals surface area (Å²) in [5, 5.41) is 0. The van der Waals surface area contributed by atoms with Gasteiger partial charge in [-0.15, -0.1) is 0 Å². The molecule has 1 rings (SSSR count). The molecule has 0 aliphatic rings. The predicted molar refractivity (Wildman–Crippen MR) is 59.5 cm³/mol. The van der Waals surface area contributed by atoms with Crippen LogP contribution in [0.1, 0.15) is 20.7 Å². The summed E-state index contributed by atoms with van der Waals surface area (Å²) in [6.45, 7) is 0. The molecule has 16 heavy (non-hydrogen) atoms. The van der Waals surface area contributed by atoms with Crippen molar-refractivity contribution in [3.8, 4) is 0 Å². The fourth-order valence-corrected chi connectivity index (χ4v) is 1.14. The fraction of sp³-hybridized carbons (Fsp3) is 0.200. The van der Waals surface area contributed by atoms with E-state index in [1.54, 1.807) is 38.4 Å². The average Bonchev–Trinajstić information content (AvgIpc) is 2.30. The average molecular weight is 222 g/mol. The van der Waals surface area contributed by atoms with Crippen LogP contribution in [0.4, 0.5) is 0 Å². The molecule has 0 aliphatic heterocycles. The van der Waals surface area contributed by atoms with Crippen molar-refractivity contribution in [2.45, 2.75) is 0 Å². The highest BCUT2D eigenvalue weighted by Gasteiger charge is 2.07. The monoisotopic (exact) mass is 222 g/mol. The molecular weight excluding hydrogens is 208 g/mol. The molecule has 0 radical (unpaired) electrons. The molecule has 0 atom stereocenters. The number of carbonyl (C=O) groups excluding carboxylic acids is 2. The molecule has 0 heterocycles. The maximum Gasteiger partial charge on any atom is 0.265 e. The summed E-state index contributed by atoms with van der Waals surface area (Å²) in [7, 11) is 3.21. The summed E-state index contributed by atoms with van der Waals surface area (Å²) in [5.74, 6) is -0.494. The zero-order chi connectivity index (χ0) is 12.0. The van der Waals surface area contributed by atoms with E-state index in [0.717, 1.165) is 0 Å². The quantitative estimate of drug-likeness (QED) is 0.513. The largest absolute Gasteiger partial charge is 0.288 e. The van der Waals surface area contributed by atoms with Crippen LogP contribution in [0.3, 0.4) is 0 Å². The van der Waals surface area contributed by atoms with Crippen molar-refractivity contribution < 1.29 is 9.59 Å². The van der Waals surface area contributed by atoms with Crippen molar-refractivity contribution in [1.29, 1.82) is 0 Å². The van der Waals surface area contributed by atoms with E-state index in [1.165, 1.54) is 0 Å². The summed E-state index contributed by atoms with van der Waals surface area (Å²) in [6.07, 6.45) is 0. The van der Waals surface area contributed by atoms with Crippen LogP contribution in [-0.4, -0.2) is 25.9 Å². The van der Waals surface area contributed by atoms with Gasteiger partial charge in [-0.2, -0.15) is 0 Å². The second kappa shape index (κ2) is 5.84. The topological polar surface area (TPSA) is 82.3 Å². The number of benzene rings is 1. The summed E-state index contributed by atoms with van der Waals surface area (Å²) in [4.78, 5) is 22.7. The van der Waals surface area contributed by atoms with Crippen LogP contribution in [0.2, 0.25) is 0 Å². The van der Waals surface area contributed by atoms with E-state index in [4.69, 9.17) is 0 Å². The van der Waals surface area contributed by atoms with Gasteiger partial charge in [0.25, 0.3) is 11.8 Å². The highest BCUT2D eigenvalue weighted by Crippen LogP contribution is 2.03. The number of hydrogen-bond acceptors (Lipinski definition) is 4. The van der Waals surface area contributed by atoms with E-state index in [-0.39, 0.29) is 11.8 Å². The van der Waals surface area contributed by atoms with E-state index in [2.05, 4.69) is 21.7 Å². The Labute approximate surface area is 93.4 Å². The third kappa shape index (κ3) is 3.04. The lowest BCUT2D eigenvalue weighted by molar-refractivity contribution is 0.0926. The van der Waals surface area contributed by atoms with Crippen molar-refractivity contribution in [2.24, 2.45) is 0 Å². The smallest absolute Gasteiger partial charge is 0.265 e. The summed E-state index contributed by atoms with van der Waals surface area (Å²) in [5.41, 5.74) is 10.9. The van der Waals surface area contributed by atoms with Gasteiger partial charge in [-0.1, -0.05) is 0 Å². The van der Waals surface area contributed by atoms with Gasteiger partial charge < -0.3 is 0 Å². The van der Waals surface area contributed by atoms with Gasteiger partial charge in [-0.25, -0.2) is 10.9 Å². The van der Waals surface area contributed by atoms with Crippen LogP contribution in [0.5, 0.6) is 0 Å². The molecule has 6 heteroatoms. The van der Waals surface area contributed by atoms with E-state index < -0.39 is 0 Å². The zero-order valence-corrected chi connectivity index (χ0v) is 9.13. The minimum absolute atomic E-state index is 0.247. The molecule has 0 aromatic heterocycles. The Morgan fingerprint density at radius 2 is 1.12 bits per heavy atom. The number of amides is 2. The first-order valence-electron chi connectivity index (χ1n) is 4.73. The van der Waals surface area contributed by atoms with E-state index >= 15 is 0 Å². The fourth-order valence-electron chi connectivity index (χ4n) is 1.14. The molecule has 0 aliphatic carbocycles. The maximum atomic E-state index is 11.4. The van der Waals surface area contributed by atoms with Gasteiger partial charge in [-0.3, -0.25) is 20.4 Å². The number of nitrogens with one attached hydrogen (secondary N) is 4. The number of rotatable bonds is 4. The number of hydrogen-bond donors (Lipinski definition) is 4. The molecule has 1 aromatic carbocycles. The van der Waals surface area contributed by atoms with Crippen LogP contribution < -0.4 is 21.7 Å². The Morgan fingerprint density at radius 3 is 1.38 bits per heavy atom. The number of hydrazine groups is 2. The summed E-state index contributed by atoms with van der Waals surface area (Å²) >= 11 is 0. The van der Waals surface area contributed by atoms with Gasteiger partial charge >= 0.3 is 0 Å². The third-order valence-corrected chi connectivity index (χ3v) is 1.89. The van der Waals surface area contributed by atoms with Gasteiger partial charge in [0.2, 0.25) is 0 Å². The molecule has 0 saturated heterocycles. The van der Waals surface area contributed by atoms with Crippen LogP contribution in [0.25, 0.3) is 0 Å². The molecule has 1 aromatic rings. The SMILES string of the molecule is CNNC(=O)c1ccc(C(=O)NNC)cc1. The van der Waals surface area contributed by atoms with Gasteiger partial charge in [0.05, 0.1) is 0 Å². The first-order chi connectivity index (χ1) is 7.69. The minimum Gasteiger partial charge on any atom is -0.288 e. The lowest BCUT2D eigenvalue weighted by Crippen LogP contribution is -2.35. The molecule has 86 valence electrons. The van der Waals surface area contributed by atoms with Gasteiger partial charge in [0.15, 0.2) is 0 Å². The Morgan fingerprint density at radius 1 is 0.812 bits per heavy atom. The van der Waals surface area contributed by atoms with Crippen LogP contribution in [0.15, 0.2) is 24.3 Å². The Kier molecular flexibility index (Phi) is 4.43. The van der Waals surface area contributed by atoms with Crippen molar-refractivity contribution >= 4 is 11.8 Å². The van der Waals surface area contributed by atoms with Crippen LogP contribution in [-0.2, 0) is 0 Å². The predicted octanol–water partition coefficient (Wildman–Crippen LogP) is -0.585. The van der Waals surface area contributed by atoms with Gasteiger partial charge in [0, 0.05) is 25.2 Å². The molecule has 0 bridgehead atoms. The van der Waals surface area contributed by atoms with Gasteiger partial charge in [0.1, 0.15) is 0 Å². The molecule has 0 unspecified atom stereocenters. The van der Waals surface area contributed by atoms with Crippen molar-refractivity contribution in [3.63, 3.8) is 0 Å². The molecule has 0 fully saturated rings. The molecule has 0 spiro atoms. The lowest BCUT2D eigenvalue weighted by atomic mass is 10.1. The summed E-state index contributed by atoms with van der Waals surface area (Å²) in [6, 6.07) is 6.32. The molecular formula is C10H14N4O2. The van der Waals surface area contributed by atoms with Crippen LogP contribution in [0, 0.1) is 0 Å². The Bertz CT molecular complexity index is 338. The zero-order valence-electron chi connectivity index (χ0n) is 9.13. The normalized spacial score (nSPS) is 9.62. The first-order valence-corrected chi connectivity index (χ1v) is 4.73. The third-order valence-electron chi connectivity index (χ3n) is 1.89. The van der Waals surface area contributed by atoms with Crippen molar-refractivity contribution in [2.75, 3.05) is 14.1 Å². The van der Waals surface area contributed by atoms with E-state index in [1.807, 2.05) is 0 Å². The van der Waals surface area contributed by atoms with Crippen molar-refractivity contribution in [1.82, 2.24) is 21.7 Å². The minimum atomic E-state index is -0.247. The second-order valence-electron chi connectivity index (χ2n) is 2.99. The second-order valence-corrected chi connectivity index (χ2v) is 2.99. The van der Waals surface area contributed by atoms with Crippen LogP contribution >= 0.6 is 0 Å².